The topological polar surface area (TPSA) is 194 Å². The molecule has 2 aromatic carbocycles. The third-order valence-corrected chi connectivity index (χ3v) is 7.82. The number of aliphatic hydroxyl groups excluding tert-OH is 1. The van der Waals surface area contributed by atoms with Crippen molar-refractivity contribution in [2.75, 3.05) is 47.6 Å². The van der Waals surface area contributed by atoms with E-state index in [1.807, 2.05) is 0 Å². The highest BCUT2D eigenvalue weighted by Crippen LogP contribution is 2.37. The van der Waals surface area contributed by atoms with Crippen LogP contribution in [0.25, 0.3) is 0 Å². The molecule has 0 fully saturated rings. The van der Waals surface area contributed by atoms with Crippen molar-refractivity contribution in [3.8, 4) is 23.0 Å². The molecule has 49 heavy (non-hydrogen) atoms. The van der Waals surface area contributed by atoms with Gasteiger partial charge in [0, 0.05) is 25.8 Å². The van der Waals surface area contributed by atoms with E-state index in [9.17, 15) is 29.1 Å². The lowest BCUT2D eigenvalue weighted by molar-refractivity contribution is -0.140. The van der Waals surface area contributed by atoms with E-state index >= 15 is 0 Å². The van der Waals surface area contributed by atoms with Crippen molar-refractivity contribution < 1.29 is 48.0 Å². The predicted octanol–water partition coefficient (Wildman–Crippen LogP) is 1.12. The van der Waals surface area contributed by atoms with Crippen molar-refractivity contribution in [3.63, 3.8) is 0 Å². The molecule has 0 aromatic heterocycles. The average molecular weight is 686 g/mol. The molecular formula is C34H47N5O10. The maximum Gasteiger partial charge on any atom is 0.251 e. The summed E-state index contributed by atoms with van der Waals surface area (Å²) in [5.41, 5.74) is 0.785. The fourth-order valence-corrected chi connectivity index (χ4v) is 5.12. The molecule has 0 unspecified atom stereocenters. The molecule has 2 bridgehead atoms. The Morgan fingerprint density at radius 2 is 1.65 bits per heavy atom. The van der Waals surface area contributed by atoms with Crippen LogP contribution in [0.1, 0.15) is 49.5 Å². The van der Waals surface area contributed by atoms with Crippen LogP contribution in [0.15, 0.2) is 36.4 Å². The monoisotopic (exact) mass is 685 g/mol. The van der Waals surface area contributed by atoms with E-state index in [-0.39, 0.29) is 37.9 Å². The van der Waals surface area contributed by atoms with E-state index < -0.39 is 54.3 Å². The highest BCUT2D eigenvalue weighted by Gasteiger charge is 2.32. The molecule has 1 aliphatic rings. The number of ether oxygens (including phenoxy) is 4. The minimum Gasteiger partial charge on any atom is -0.496 e. The van der Waals surface area contributed by atoms with Crippen LogP contribution in [0.3, 0.4) is 0 Å². The Kier molecular flexibility index (Phi) is 14.6. The summed E-state index contributed by atoms with van der Waals surface area (Å²) in [6.45, 7) is 4.50. The Labute approximate surface area is 286 Å². The summed E-state index contributed by atoms with van der Waals surface area (Å²) >= 11 is 0. The molecule has 5 N–H and O–H groups in total. The van der Waals surface area contributed by atoms with Gasteiger partial charge < -0.3 is 50.2 Å². The van der Waals surface area contributed by atoms with Crippen LogP contribution in [-0.4, -0.2) is 105 Å². The molecule has 0 saturated carbocycles. The second kappa shape index (κ2) is 18.6. The van der Waals surface area contributed by atoms with Crippen LogP contribution in [0.4, 0.5) is 0 Å². The number of benzene rings is 2. The van der Waals surface area contributed by atoms with Gasteiger partial charge in [-0.25, -0.2) is 0 Å². The number of nitrogens with zero attached hydrogens (tertiary/aromatic N) is 1. The van der Waals surface area contributed by atoms with Crippen LogP contribution in [0.2, 0.25) is 0 Å². The molecule has 0 radical (unpaired) electrons. The maximum absolute atomic E-state index is 13.5. The van der Waals surface area contributed by atoms with E-state index in [1.54, 1.807) is 44.2 Å². The summed E-state index contributed by atoms with van der Waals surface area (Å²) in [6, 6.07) is 7.35. The number of carbonyl (C=O) groups is 5. The molecule has 15 nitrogen and oxygen atoms in total. The van der Waals surface area contributed by atoms with Gasteiger partial charge >= 0.3 is 0 Å². The minimum absolute atomic E-state index is 0.0678. The molecular weight excluding hydrogens is 638 g/mol. The number of nitrogens with one attached hydrogen (secondary N) is 4. The van der Waals surface area contributed by atoms with Crippen LogP contribution in [-0.2, 0) is 30.5 Å². The highest BCUT2D eigenvalue weighted by molar-refractivity contribution is 5.95. The fraction of sp³-hybridized carbons (Fsp3) is 0.500. The quantitative estimate of drug-likeness (QED) is 0.294. The van der Waals surface area contributed by atoms with Crippen LogP contribution in [0.5, 0.6) is 23.0 Å². The molecule has 268 valence electrons. The SMILES string of the molecule is COCC(=O)N1CCCCNC(=O)c2ccc(OC)c(c2)Oc2cccc(OC)c2CNC(=O)[C@@H](C(C)C)NC(=O)[C@H]([C@@H](C)O)NC(=O)C1. The molecule has 5 amide bonds. The third-order valence-electron chi connectivity index (χ3n) is 7.82. The van der Waals surface area contributed by atoms with Gasteiger partial charge in [-0.1, -0.05) is 19.9 Å². The number of carbonyl (C=O) groups excluding carboxylic acids is 5. The summed E-state index contributed by atoms with van der Waals surface area (Å²) in [4.78, 5) is 67.0. The standard InChI is InChI=1S/C34H47N5O10/c1-20(2)30-33(44)36-17-23-24(47-5)10-9-11-25(23)49-27-16-22(12-13-26(27)48-6)32(43)35-14-7-8-15-39(29(42)19-46-4)18-28(41)37-31(21(3)40)34(45)38-30/h9-13,16,20-21,30-31,40H,7-8,14-15,17-19H2,1-6H3,(H,35,43)(H,36,44)(H,37,41)(H,38,45)/t21-,30-,31+/m1/s1. The minimum atomic E-state index is -1.42. The van der Waals surface area contributed by atoms with E-state index in [0.717, 1.165) is 0 Å². The average Bonchev–Trinajstić information content (AvgIpc) is 3.07. The van der Waals surface area contributed by atoms with Gasteiger partial charge in [0.2, 0.25) is 23.6 Å². The number of aliphatic hydroxyl groups is 1. The summed E-state index contributed by atoms with van der Waals surface area (Å²) < 4.78 is 22.3. The molecule has 0 saturated heterocycles. The molecule has 0 spiro atoms. The molecule has 1 heterocycles. The summed E-state index contributed by atoms with van der Waals surface area (Å²) in [6.07, 6.45) is -0.416. The smallest absolute Gasteiger partial charge is 0.251 e. The lowest BCUT2D eigenvalue weighted by atomic mass is 10.0. The zero-order valence-electron chi connectivity index (χ0n) is 28.8. The molecule has 15 heteroatoms. The normalized spacial score (nSPS) is 19.3. The van der Waals surface area contributed by atoms with Gasteiger partial charge in [-0.2, -0.15) is 0 Å². The molecule has 3 atom stereocenters. The number of hydrogen-bond donors (Lipinski definition) is 5. The fourth-order valence-electron chi connectivity index (χ4n) is 5.12. The van der Waals surface area contributed by atoms with Gasteiger partial charge in [0.15, 0.2) is 11.5 Å². The molecule has 2 aromatic rings. The van der Waals surface area contributed by atoms with Crippen LogP contribution < -0.4 is 35.5 Å². The van der Waals surface area contributed by atoms with E-state index in [0.29, 0.717) is 41.2 Å². The first-order chi connectivity index (χ1) is 23.4. The molecule has 3 rings (SSSR count). The Morgan fingerprint density at radius 3 is 2.31 bits per heavy atom. The Morgan fingerprint density at radius 1 is 0.918 bits per heavy atom. The maximum atomic E-state index is 13.5. The van der Waals surface area contributed by atoms with Crippen molar-refractivity contribution in [1.29, 1.82) is 0 Å². The van der Waals surface area contributed by atoms with Crippen LogP contribution >= 0.6 is 0 Å². The zero-order valence-corrected chi connectivity index (χ0v) is 28.8. The lowest BCUT2D eigenvalue weighted by Crippen LogP contribution is -2.59. The Hall–Kier alpha value is -4.89. The first kappa shape index (κ1) is 38.6. The second-order valence-corrected chi connectivity index (χ2v) is 11.8. The lowest BCUT2D eigenvalue weighted by Gasteiger charge is -2.28. The largest absolute Gasteiger partial charge is 0.496 e. The van der Waals surface area contributed by atoms with Crippen LogP contribution in [0, 0.1) is 5.92 Å². The number of fused-ring (bicyclic) bond motifs is 3. The molecule has 1 aliphatic heterocycles. The summed E-state index contributed by atoms with van der Waals surface area (Å²) in [5, 5.41) is 21.2. The van der Waals surface area contributed by atoms with E-state index in [4.69, 9.17) is 18.9 Å². The van der Waals surface area contributed by atoms with Gasteiger partial charge in [-0.15, -0.1) is 0 Å². The van der Waals surface area contributed by atoms with Crippen molar-refractivity contribution in [3.05, 3.63) is 47.5 Å². The second-order valence-electron chi connectivity index (χ2n) is 11.8. The first-order valence-electron chi connectivity index (χ1n) is 16.0. The Bertz CT molecular complexity index is 1480. The first-order valence-corrected chi connectivity index (χ1v) is 16.0. The van der Waals surface area contributed by atoms with E-state index in [2.05, 4.69) is 21.3 Å². The van der Waals surface area contributed by atoms with Gasteiger partial charge in [-0.3, -0.25) is 24.0 Å². The number of rotatable bonds is 6. The Balaban J connectivity index is 2.00. The number of amides is 5. The predicted molar refractivity (Wildman–Crippen MR) is 178 cm³/mol. The number of methoxy groups -OCH3 is 3. The van der Waals surface area contributed by atoms with Gasteiger partial charge in [0.1, 0.15) is 30.2 Å². The van der Waals surface area contributed by atoms with Gasteiger partial charge in [-0.05, 0) is 56.0 Å². The third kappa shape index (κ3) is 10.8. The number of hydrogen-bond acceptors (Lipinski definition) is 10. The van der Waals surface area contributed by atoms with Crippen molar-refractivity contribution in [2.45, 2.75) is 58.3 Å². The molecule has 0 aliphatic carbocycles. The van der Waals surface area contributed by atoms with Crippen molar-refractivity contribution >= 4 is 29.5 Å². The van der Waals surface area contributed by atoms with E-state index in [1.165, 1.54) is 39.2 Å². The zero-order chi connectivity index (χ0) is 36.1. The summed E-state index contributed by atoms with van der Waals surface area (Å²) in [7, 11) is 4.30. The summed E-state index contributed by atoms with van der Waals surface area (Å²) in [5.74, 6) is -1.88. The van der Waals surface area contributed by atoms with Crippen molar-refractivity contribution in [2.24, 2.45) is 5.92 Å². The van der Waals surface area contributed by atoms with Gasteiger partial charge in [0.25, 0.3) is 5.91 Å². The van der Waals surface area contributed by atoms with Gasteiger partial charge in [0.05, 0.1) is 39.0 Å². The highest BCUT2D eigenvalue weighted by atomic mass is 16.5. The van der Waals surface area contributed by atoms with Crippen molar-refractivity contribution in [1.82, 2.24) is 26.2 Å².